The van der Waals surface area contributed by atoms with Crippen LogP contribution < -0.4 is 4.90 Å². The molecular weight excluding hydrogens is 370 g/mol. The number of nitrogens with zero attached hydrogens (tertiary/aromatic N) is 5. The molecule has 0 radical (unpaired) electrons. The molecule has 5 rings (SSSR count). The fourth-order valence-corrected chi connectivity index (χ4v) is 4.78. The number of hydrogen-bond donors (Lipinski definition) is 0. The number of rotatable bonds is 3. The topological polar surface area (TPSA) is 36.7 Å². The van der Waals surface area contributed by atoms with E-state index in [1.54, 1.807) is 0 Å². The monoisotopic (exact) mass is 395 g/mol. The molecule has 1 aliphatic heterocycles. The fourth-order valence-electron chi connectivity index (χ4n) is 4.66. The fraction of sp³-hybridized carbons (Fsp3) is 0.455. The van der Waals surface area contributed by atoms with E-state index >= 15 is 0 Å². The van der Waals surface area contributed by atoms with Crippen LogP contribution in [0.25, 0.3) is 16.8 Å². The summed E-state index contributed by atoms with van der Waals surface area (Å²) < 4.78 is 1.94. The van der Waals surface area contributed by atoms with Crippen LogP contribution in [0.5, 0.6) is 0 Å². The molecule has 1 saturated heterocycles. The van der Waals surface area contributed by atoms with Gasteiger partial charge in [-0.25, -0.2) is 9.50 Å². The van der Waals surface area contributed by atoms with Crippen molar-refractivity contribution in [2.75, 3.05) is 31.1 Å². The largest absolute Gasteiger partial charge is 0.352 e. The first-order valence-corrected chi connectivity index (χ1v) is 10.7. The first-order chi connectivity index (χ1) is 13.8. The molecule has 2 aliphatic rings. The van der Waals surface area contributed by atoms with Crippen LogP contribution in [0.4, 0.5) is 5.82 Å². The average molecular weight is 396 g/mol. The Bertz CT molecular complexity index is 937. The van der Waals surface area contributed by atoms with Crippen LogP contribution in [0.2, 0.25) is 5.02 Å². The smallest absolute Gasteiger partial charge is 0.154 e. The Balaban J connectivity index is 1.37. The molecule has 0 unspecified atom stereocenters. The second-order valence-corrected chi connectivity index (χ2v) is 8.37. The maximum absolute atomic E-state index is 6.03. The molecule has 5 nitrogen and oxygen atoms in total. The van der Waals surface area contributed by atoms with Gasteiger partial charge in [0.25, 0.3) is 0 Å². The molecule has 146 valence electrons. The Morgan fingerprint density at radius 1 is 0.929 bits per heavy atom. The summed E-state index contributed by atoms with van der Waals surface area (Å²) in [5.41, 5.74) is 3.09. The summed E-state index contributed by atoms with van der Waals surface area (Å²) in [5, 5.41) is 5.49. The van der Waals surface area contributed by atoms with Gasteiger partial charge in [-0.15, -0.1) is 0 Å². The lowest BCUT2D eigenvalue weighted by Gasteiger charge is -2.41. The van der Waals surface area contributed by atoms with Gasteiger partial charge in [0.15, 0.2) is 5.82 Å². The normalized spacial score (nSPS) is 19.4. The van der Waals surface area contributed by atoms with Crippen LogP contribution in [0.3, 0.4) is 0 Å². The van der Waals surface area contributed by atoms with Gasteiger partial charge in [-0.05, 0) is 31.0 Å². The highest BCUT2D eigenvalue weighted by molar-refractivity contribution is 6.30. The number of fused-ring (bicyclic) bond motifs is 1. The lowest BCUT2D eigenvalue weighted by atomic mass is 9.94. The third-order valence-electron chi connectivity index (χ3n) is 6.21. The highest BCUT2D eigenvalue weighted by Gasteiger charge is 2.26. The first-order valence-electron chi connectivity index (χ1n) is 10.4. The molecule has 0 spiro atoms. The molecule has 0 bridgehead atoms. The van der Waals surface area contributed by atoms with Gasteiger partial charge in [-0.2, -0.15) is 5.10 Å². The number of halogens is 1. The Kier molecular flexibility index (Phi) is 4.95. The molecule has 1 aromatic carbocycles. The van der Waals surface area contributed by atoms with E-state index < -0.39 is 0 Å². The van der Waals surface area contributed by atoms with Crippen LogP contribution in [0, 0.1) is 0 Å². The molecule has 6 heteroatoms. The Labute approximate surface area is 170 Å². The van der Waals surface area contributed by atoms with Crippen LogP contribution in [-0.2, 0) is 0 Å². The number of hydrogen-bond acceptors (Lipinski definition) is 4. The van der Waals surface area contributed by atoms with Gasteiger partial charge in [-0.3, -0.25) is 4.90 Å². The van der Waals surface area contributed by atoms with Crippen LogP contribution in [0.1, 0.15) is 32.1 Å². The van der Waals surface area contributed by atoms with E-state index in [0.717, 1.165) is 59.8 Å². The van der Waals surface area contributed by atoms with Gasteiger partial charge >= 0.3 is 0 Å². The molecule has 2 fully saturated rings. The van der Waals surface area contributed by atoms with Crippen molar-refractivity contribution in [3.63, 3.8) is 0 Å². The van der Waals surface area contributed by atoms with E-state index in [-0.39, 0.29) is 0 Å². The van der Waals surface area contributed by atoms with Crippen molar-refractivity contribution in [1.82, 2.24) is 19.5 Å². The van der Waals surface area contributed by atoms with Gasteiger partial charge < -0.3 is 4.90 Å². The second-order valence-electron chi connectivity index (χ2n) is 7.93. The summed E-state index contributed by atoms with van der Waals surface area (Å²) >= 11 is 6.03. The molecule has 1 aliphatic carbocycles. The summed E-state index contributed by atoms with van der Waals surface area (Å²) in [4.78, 5) is 9.83. The van der Waals surface area contributed by atoms with Gasteiger partial charge in [0.05, 0.1) is 5.69 Å². The van der Waals surface area contributed by atoms with Crippen molar-refractivity contribution in [3.05, 3.63) is 47.7 Å². The predicted molar refractivity (Wildman–Crippen MR) is 114 cm³/mol. The quantitative estimate of drug-likeness (QED) is 0.654. The SMILES string of the molecule is Clc1ccc(-c2cc3c(N4CCN(C5CCCCC5)CC4)nccn3n2)cc1. The van der Waals surface area contributed by atoms with Crippen molar-refractivity contribution < 1.29 is 0 Å². The summed E-state index contributed by atoms with van der Waals surface area (Å²) in [6, 6.07) is 10.8. The minimum Gasteiger partial charge on any atom is -0.352 e. The average Bonchev–Trinajstić information content (AvgIpc) is 3.19. The number of aromatic nitrogens is 3. The molecule has 3 aromatic rings. The van der Waals surface area contributed by atoms with Crippen molar-refractivity contribution in [2.45, 2.75) is 38.1 Å². The Morgan fingerprint density at radius 3 is 2.43 bits per heavy atom. The standard InChI is InChI=1S/C22H26ClN5/c23-18-8-6-17(7-9-18)20-16-21-22(24-10-11-28(21)25-20)27-14-12-26(13-15-27)19-4-2-1-3-5-19/h6-11,16,19H,1-5,12-15H2. The number of piperazine rings is 1. The van der Waals surface area contributed by atoms with Crippen LogP contribution in [-0.4, -0.2) is 51.7 Å². The Hall–Kier alpha value is -2.11. The predicted octanol–water partition coefficient (Wildman–Crippen LogP) is 4.50. The van der Waals surface area contributed by atoms with Crippen LogP contribution >= 0.6 is 11.6 Å². The molecule has 28 heavy (non-hydrogen) atoms. The third-order valence-corrected chi connectivity index (χ3v) is 6.47. The zero-order valence-corrected chi connectivity index (χ0v) is 16.9. The minimum absolute atomic E-state index is 0.741. The lowest BCUT2D eigenvalue weighted by Crippen LogP contribution is -2.51. The van der Waals surface area contributed by atoms with Gasteiger partial charge in [0, 0.05) is 55.2 Å². The molecule has 0 atom stereocenters. The lowest BCUT2D eigenvalue weighted by molar-refractivity contribution is 0.148. The first kappa shape index (κ1) is 18.0. The molecular formula is C22H26ClN5. The van der Waals surface area contributed by atoms with Gasteiger partial charge in [-0.1, -0.05) is 43.0 Å². The maximum atomic E-state index is 6.03. The van der Waals surface area contributed by atoms with E-state index in [0.29, 0.717) is 0 Å². The van der Waals surface area contributed by atoms with E-state index in [1.807, 2.05) is 41.2 Å². The zero-order valence-electron chi connectivity index (χ0n) is 16.1. The van der Waals surface area contributed by atoms with Crippen molar-refractivity contribution in [3.8, 4) is 11.3 Å². The minimum atomic E-state index is 0.741. The zero-order chi connectivity index (χ0) is 18.9. The summed E-state index contributed by atoms with van der Waals surface area (Å²) in [5.74, 6) is 1.04. The van der Waals surface area contributed by atoms with E-state index in [1.165, 1.54) is 32.1 Å². The maximum Gasteiger partial charge on any atom is 0.154 e. The third kappa shape index (κ3) is 3.49. The Morgan fingerprint density at radius 2 is 1.68 bits per heavy atom. The summed E-state index contributed by atoms with van der Waals surface area (Å²) in [6.07, 6.45) is 10.7. The van der Waals surface area contributed by atoms with Crippen LogP contribution in [0.15, 0.2) is 42.7 Å². The van der Waals surface area contributed by atoms with Gasteiger partial charge in [0.2, 0.25) is 0 Å². The van der Waals surface area contributed by atoms with E-state index in [9.17, 15) is 0 Å². The summed E-state index contributed by atoms with van der Waals surface area (Å²) in [6.45, 7) is 4.33. The second kappa shape index (κ2) is 7.72. The highest BCUT2D eigenvalue weighted by atomic mass is 35.5. The van der Waals surface area contributed by atoms with E-state index in [2.05, 4.69) is 15.9 Å². The van der Waals surface area contributed by atoms with Crippen molar-refractivity contribution in [2.24, 2.45) is 0 Å². The molecule has 2 aromatic heterocycles. The number of benzene rings is 1. The van der Waals surface area contributed by atoms with Gasteiger partial charge in [0.1, 0.15) is 5.52 Å². The molecule has 0 N–H and O–H groups in total. The van der Waals surface area contributed by atoms with Crippen molar-refractivity contribution >= 4 is 22.9 Å². The van der Waals surface area contributed by atoms with E-state index in [4.69, 9.17) is 21.7 Å². The highest BCUT2D eigenvalue weighted by Crippen LogP contribution is 2.28. The summed E-state index contributed by atoms with van der Waals surface area (Å²) in [7, 11) is 0. The van der Waals surface area contributed by atoms with Crippen molar-refractivity contribution in [1.29, 1.82) is 0 Å². The molecule has 3 heterocycles. The number of anilines is 1. The molecule has 0 amide bonds. The molecule has 1 saturated carbocycles.